The van der Waals surface area contributed by atoms with Crippen molar-refractivity contribution in [3.05, 3.63) is 72.7 Å². The summed E-state index contributed by atoms with van der Waals surface area (Å²) < 4.78 is 16.1. The van der Waals surface area contributed by atoms with E-state index >= 15 is 0 Å². The van der Waals surface area contributed by atoms with Gasteiger partial charge in [-0.1, -0.05) is 18.7 Å². The van der Waals surface area contributed by atoms with Crippen LogP contribution in [-0.4, -0.2) is 26.3 Å². The molecule has 0 aliphatic rings. The van der Waals surface area contributed by atoms with Gasteiger partial charge in [0.05, 0.1) is 25.9 Å². The van der Waals surface area contributed by atoms with Crippen molar-refractivity contribution < 1.29 is 28.8 Å². The first-order valence-corrected chi connectivity index (χ1v) is 9.44. The minimum Gasteiger partial charge on any atom is -0.497 e. The molecule has 0 aliphatic heterocycles. The minimum atomic E-state index is -0.420. The van der Waals surface area contributed by atoms with Crippen LogP contribution in [0.5, 0.6) is 17.2 Å². The van der Waals surface area contributed by atoms with E-state index in [4.69, 9.17) is 19.1 Å². The lowest BCUT2D eigenvalue weighted by molar-refractivity contribution is -0.248. The highest BCUT2D eigenvalue weighted by Gasteiger charge is 2.09. The zero-order valence-electron chi connectivity index (χ0n) is 16.6. The average Bonchev–Trinajstić information content (AvgIpc) is 2.76. The van der Waals surface area contributed by atoms with Crippen LogP contribution in [0.25, 0.3) is 0 Å². The SMILES string of the molecule is C=C=COOCCCCCCOc1ccc(C(=O)Oc2ccc(OC)cc2)cc1. The first kappa shape index (κ1) is 22.1. The lowest BCUT2D eigenvalue weighted by atomic mass is 10.2. The first-order valence-electron chi connectivity index (χ1n) is 9.44. The normalized spacial score (nSPS) is 9.97. The Kier molecular flexibility index (Phi) is 9.94. The number of hydrogen-bond acceptors (Lipinski definition) is 6. The average molecular weight is 398 g/mol. The van der Waals surface area contributed by atoms with E-state index in [1.165, 1.54) is 6.26 Å². The Labute approximate surface area is 171 Å². The Morgan fingerprint density at radius 3 is 2.17 bits per heavy atom. The van der Waals surface area contributed by atoms with Crippen molar-refractivity contribution >= 4 is 5.97 Å². The van der Waals surface area contributed by atoms with Crippen molar-refractivity contribution in [2.45, 2.75) is 25.7 Å². The molecule has 2 rings (SSSR count). The quantitative estimate of drug-likeness (QED) is 0.0890. The molecule has 154 valence electrons. The van der Waals surface area contributed by atoms with Gasteiger partial charge in [-0.15, -0.1) is 0 Å². The van der Waals surface area contributed by atoms with Gasteiger partial charge in [-0.05, 0) is 67.8 Å². The van der Waals surface area contributed by atoms with Crippen LogP contribution in [-0.2, 0) is 9.78 Å². The van der Waals surface area contributed by atoms with Crippen LogP contribution < -0.4 is 14.2 Å². The third kappa shape index (κ3) is 8.56. The van der Waals surface area contributed by atoms with Crippen molar-refractivity contribution in [1.29, 1.82) is 0 Å². The molecule has 0 saturated heterocycles. The van der Waals surface area contributed by atoms with E-state index in [1.807, 2.05) is 0 Å². The Balaban J connectivity index is 1.63. The van der Waals surface area contributed by atoms with Gasteiger partial charge in [-0.25, -0.2) is 4.79 Å². The number of unbranched alkanes of at least 4 members (excludes halogenated alkanes) is 3. The molecule has 6 heteroatoms. The fourth-order valence-electron chi connectivity index (χ4n) is 2.42. The van der Waals surface area contributed by atoms with Gasteiger partial charge in [-0.3, -0.25) is 0 Å². The van der Waals surface area contributed by atoms with E-state index in [2.05, 4.69) is 17.2 Å². The summed E-state index contributed by atoms with van der Waals surface area (Å²) in [5.41, 5.74) is 2.92. The summed E-state index contributed by atoms with van der Waals surface area (Å²) in [6, 6.07) is 13.8. The smallest absolute Gasteiger partial charge is 0.343 e. The zero-order valence-corrected chi connectivity index (χ0v) is 16.6. The second-order valence-electron chi connectivity index (χ2n) is 6.09. The highest BCUT2D eigenvalue weighted by atomic mass is 17.2. The molecule has 0 unspecified atom stereocenters. The Bertz CT molecular complexity index is 776. The van der Waals surface area contributed by atoms with Gasteiger partial charge in [0.15, 0.2) is 6.26 Å². The molecule has 0 spiro atoms. The summed E-state index contributed by atoms with van der Waals surface area (Å²) in [6.07, 6.45) is 5.19. The van der Waals surface area contributed by atoms with Crippen LogP contribution in [0.3, 0.4) is 0 Å². The van der Waals surface area contributed by atoms with Gasteiger partial charge in [-0.2, -0.15) is 4.89 Å². The van der Waals surface area contributed by atoms with Crippen molar-refractivity contribution in [3.63, 3.8) is 0 Å². The van der Waals surface area contributed by atoms with Gasteiger partial charge in [0.25, 0.3) is 0 Å². The summed E-state index contributed by atoms with van der Waals surface area (Å²) in [4.78, 5) is 21.8. The summed E-state index contributed by atoms with van der Waals surface area (Å²) in [6.45, 7) is 4.51. The fourth-order valence-corrected chi connectivity index (χ4v) is 2.42. The lowest BCUT2D eigenvalue weighted by Crippen LogP contribution is -2.08. The molecule has 0 amide bonds. The lowest BCUT2D eigenvalue weighted by Gasteiger charge is -2.08. The molecule has 0 fully saturated rings. The minimum absolute atomic E-state index is 0.420. The van der Waals surface area contributed by atoms with E-state index in [9.17, 15) is 4.79 Å². The van der Waals surface area contributed by atoms with Gasteiger partial charge in [0.2, 0.25) is 0 Å². The second-order valence-corrected chi connectivity index (χ2v) is 6.09. The molecule has 6 nitrogen and oxygen atoms in total. The molecule has 2 aromatic carbocycles. The molecule has 0 N–H and O–H groups in total. The summed E-state index contributed by atoms with van der Waals surface area (Å²) in [5, 5.41) is 0. The Morgan fingerprint density at radius 2 is 1.52 bits per heavy atom. The molecule has 0 saturated carbocycles. The predicted octanol–water partition coefficient (Wildman–Crippen LogP) is 5.10. The van der Waals surface area contributed by atoms with E-state index in [0.717, 1.165) is 31.4 Å². The van der Waals surface area contributed by atoms with Gasteiger partial charge in [0, 0.05) is 0 Å². The molecular weight excluding hydrogens is 372 g/mol. The molecule has 0 radical (unpaired) electrons. The summed E-state index contributed by atoms with van der Waals surface area (Å²) in [7, 11) is 1.58. The van der Waals surface area contributed by atoms with Crippen molar-refractivity contribution in [2.24, 2.45) is 0 Å². The van der Waals surface area contributed by atoms with Crippen LogP contribution in [0.4, 0.5) is 0 Å². The summed E-state index contributed by atoms with van der Waals surface area (Å²) >= 11 is 0. The van der Waals surface area contributed by atoms with Crippen molar-refractivity contribution in [1.82, 2.24) is 0 Å². The van der Waals surface area contributed by atoms with Crippen LogP contribution >= 0.6 is 0 Å². The van der Waals surface area contributed by atoms with Crippen molar-refractivity contribution in [2.75, 3.05) is 20.3 Å². The third-order valence-electron chi connectivity index (χ3n) is 3.95. The van der Waals surface area contributed by atoms with E-state index in [1.54, 1.807) is 55.6 Å². The van der Waals surface area contributed by atoms with Crippen molar-refractivity contribution in [3.8, 4) is 17.2 Å². The number of rotatable bonds is 13. The van der Waals surface area contributed by atoms with E-state index in [0.29, 0.717) is 30.3 Å². The van der Waals surface area contributed by atoms with Crippen LogP contribution in [0.1, 0.15) is 36.0 Å². The maximum Gasteiger partial charge on any atom is 0.343 e. The number of benzene rings is 2. The first-order chi connectivity index (χ1) is 14.2. The monoisotopic (exact) mass is 398 g/mol. The van der Waals surface area contributed by atoms with Gasteiger partial charge >= 0.3 is 5.97 Å². The molecule has 0 atom stereocenters. The predicted molar refractivity (Wildman–Crippen MR) is 109 cm³/mol. The number of hydrogen-bond donors (Lipinski definition) is 0. The zero-order chi connectivity index (χ0) is 20.7. The van der Waals surface area contributed by atoms with Gasteiger partial charge < -0.3 is 19.1 Å². The molecule has 0 heterocycles. The number of methoxy groups -OCH3 is 1. The second kappa shape index (κ2) is 13.0. The van der Waals surface area contributed by atoms with Crippen LogP contribution in [0.2, 0.25) is 0 Å². The number of carbonyl (C=O) groups excluding carboxylic acids is 1. The number of ether oxygens (including phenoxy) is 3. The molecule has 0 aliphatic carbocycles. The third-order valence-corrected chi connectivity index (χ3v) is 3.95. The van der Waals surface area contributed by atoms with E-state index < -0.39 is 5.97 Å². The highest BCUT2D eigenvalue weighted by molar-refractivity contribution is 5.91. The molecule has 2 aromatic rings. The Morgan fingerprint density at radius 1 is 0.897 bits per heavy atom. The maximum atomic E-state index is 12.2. The van der Waals surface area contributed by atoms with E-state index in [-0.39, 0.29) is 0 Å². The molecule has 0 aromatic heterocycles. The molecule has 29 heavy (non-hydrogen) atoms. The fraction of sp³-hybridized carbons (Fsp3) is 0.304. The van der Waals surface area contributed by atoms with Gasteiger partial charge in [0.1, 0.15) is 17.2 Å². The number of carbonyl (C=O) groups is 1. The summed E-state index contributed by atoms with van der Waals surface area (Å²) in [5.74, 6) is 1.47. The number of esters is 1. The topological polar surface area (TPSA) is 63.2 Å². The van der Waals surface area contributed by atoms with Crippen LogP contribution in [0.15, 0.2) is 67.1 Å². The largest absolute Gasteiger partial charge is 0.497 e. The molecular formula is C23H26O6. The molecule has 0 bridgehead atoms. The van der Waals surface area contributed by atoms with Crippen LogP contribution in [0, 0.1) is 0 Å². The highest BCUT2D eigenvalue weighted by Crippen LogP contribution is 2.19. The standard InChI is InChI=1S/C23H26O6/c1-3-16-27-28-18-7-5-4-6-17-26-21-10-8-19(9-11-21)23(24)29-22-14-12-20(25-2)13-15-22/h8-16H,1,4-7,17-18H2,2H3. The Hall–Kier alpha value is -3.21. The maximum absolute atomic E-state index is 12.2.